The Hall–Kier alpha value is -2.63. The van der Waals surface area contributed by atoms with E-state index in [0.29, 0.717) is 19.3 Å². The highest BCUT2D eigenvalue weighted by molar-refractivity contribution is 5.71. The fourth-order valence-corrected chi connectivity index (χ4v) is 7.97. The van der Waals surface area contributed by atoms with Crippen LogP contribution in [0.25, 0.3) is 0 Å². The number of hydrogen-bond acceptors (Lipinski definition) is 6. The van der Waals surface area contributed by atoms with Gasteiger partial charge in [0.05, 0.1) is 0 Å². The fourth-order valence-electron chi connectivity index (χ4n) is 7.97. The predicted molar refractivity (Wildman–Crippen MR) is 275 cm³/mol. The molecule has 0 spiro atoms. The van der Waals surface area contributed by atoms with E-state index in [1.807, 2.05) is 0 Å². The van der Waals surface area contributed by atoms with Crippen molar-refractivity contribution in [1.29, 1.82) is 0 Å². The van der Waals surface area contributed by atoms with Gasteiger partial charge in [0.25, 0.3) is 0 Å². The summed E-state index contributed by atoms with van der Waals surface area (Å²) in [6, 6.07) is 0. The predicted octanol–water partition coefficient (Wildman–Crippen LogP) is 18.3. The molecule has 0 aromatic rings. The smallest absolute Gasteiger partial charge is 0.306 e. The summed E-state index contributed by atoms with van der Waals surface area (Å²) in [6.45, 7) is 6.51. The lowest BCUT2D eigenvalue weighted by Crippen LogP contribution is -2.30. The molecule has 0 aliphatic carbocycles. The standard InChI is InChI=1S/C58H104O6/c1-4-7-10-13-16-19-22-25-28-31-33-36-39-42-45-48-51-57(60)63-54-55(64-58(61)52-49-46-43-40-37-34-30-27-24-21-18-15-12-9-6-3)53-62-56(59)50-47-44-41-38-35-32-29-26-23-20-17-14-11-8-5-2/h9,12,15,18,20-21,23-24,55H,4-8,10-11,13-14,16-17,19,22,25-54H2,1-3H3/b12-9-,18-15-,23-20-,24-21-. The maximum atomic E-state index is 12.8. The summed E-state index contributed by atoms with van der Waals surface area (Å²) in [6.07, 6.45) is 63.8. The van der Waals surface area contributed by atoms with Crippen molar-refractivity contribution in [3.63, 3.8) is 0 Å². The van der Waals surface area contributed by atoms with Crippen LogP contribution in [-0.4, -0.2) is 37.2 Å². The molecule has 1 unspecified atom stereocenters. The van der Waals surface area contributed by atoms with E-state index in [2.05, 4.69) is 69.4 Å². The second-order valence-electron chi connectivity index (χ2n) is 18.5. The third kappa shape index (κ3) is 50.4. The molecule has 0 fully saturated rings. The minimum absolute atomic E-state index is 0.0765. The van der Waals surface area contributed by atoms with Crippen molar-refractivity contribution in [1.82, 2.24) is 0 Å². The Morgan fingerprint density at radius 2 is 0.625 bits per heavy atom. The van der Waals surface area contributed by atoms with Gasteiger partial charge < -0.3 is 14.2 Å². The average molecular weight is 897 g/mol. The Balaban J connectivity index is 4.37. The molecule has 372 valence electrons. The molecule has 0 bridgehead atoms. The van der Waals surface area contributed by atoms with E-state index < -0.39 is 6.10 Å². The number of hydrogen-bond donors (Lipinski definition) is 0. The van der Waals surface area contributed by atoms with Crippen LogP contribution in [0.4, 0.5) is 0 Å². The number of carbonyl (C=O) groups is 3. The number of allylic oxidation sites excluding steroid dienone is 8. The molecule has 0 radical (unpaired) electrons. The first-order valence-electron chi connectivity index (χ1n) is 27.7. The van der Waals surface area contributed by atoms with E-state index in [9.17, 15) is 14.4 Å². The van der Waals surface area contributed by atoms with Crippen molar-refractivity contribution in [3.05, 3.63) is 48.6 Å². The van der Waals surface area contributed by atoms with Crippen LogP contribution in [0.3, 0.4) is 0 Å². The van der Waals surface area contributed by atoms with Crippen LogP contribution in [0.1, 0.15) is 284 Å². The van der Waals surface area contributed by atoms with Crippen LogP contribution in [0.5, 0.6) is 0 Å². The molecule has 64 heavy (non-hydrogen) atoms. The van der Waals surface area contributed by atoms with Crippen LogP contribution in [0, 0.1) is 0 Å². The lowest BCUT2D eigenvalue weighted by molar-refractivity contribution is -0.167. The first kappa shape index (κ1) is 61.4. The van der Waals surface area contributed by atoms with E-state index in [1.165, 1.54) is 173 Å². The van der Waals surface area contributed by atoms with Crippen molar-refractivity contribution in [2.24, 2.45) is 0 Å². The zero-order valence-corrected chi connectivity index (χ0v) is 42.6. The van der Waals surface area contributed by atoms with Gasteiger partial charge >= 0.3 is 17.9 Å². The summed E-state index contributed by atoms with van der Waals surface area (Å²) >= 11 is 0. The van der Waals surface area contributed by atoms with Gasteiger partial charge in [0.2, 0.25) is 0 Å². The van der Waals surface area contributed by atoms with Gasteiger partial charge in [0, 0.05) is 19.3 Å². The van der Waals surface area contributed by atoms with Crippen molar-refractivity contribution < 1.29 is 28.6 Å². The monoisotopic (exact) mass is 897 g/mol. The van der Waals surface area contributed by atoms with Crippen LogP contribution in [0.15, 0.2) is 48.6 Å². The zero-order valence-electron chi connectivity index (χ0n) is 42.6. The van der Waals surface area contributed by atoms with Gasteiger partial charge in [-0.1, -0.05) is 249 Å². The molecule has 0 aliphatic rings. The van der Waals surface area contributed by atoms with Gasteiger partial charge in [-0.3, -0.25) is 14.4 Å². The molecule has 0 heterocycles. The fraction of sp³-hybridized carbons (Fsp3) is 0.810. The second-order valence-corrected chi connectivity index (χ2v) is 18.5. The Morgan fingerprint density at radius 3 is 1.00 bits per heavy atom. The second kappa shape index (κ2) is 53.0. The summed E-state index contributed by atoms with van der Waals surface area (Å²) in [5.74, 6) is -0.881. The summed E-state index contributed by atoms with van der Waals surface area (Å²) in [5.41, 5.74) is 0. The molecule has 0 rings (SSSR count). The van der Waals surface area contributed by atoms with Crippen molar-refractivity contribution >= 4 is 17.9 Å². The largest absolute Gasteiger partial charge is 0.462 e. The molecule has 0 saturated heterocycles. The molecule has 0 amide bonds. The van der Waals surface area contributed by atoms with Gasteiger partial charge in [-0.05, 0) is 64.2 Å². The van der Waals surface area contributed by atoms with E-state index in [1.54, 1.807) is 0 Å². The summed E-state index contributed by atoms with van der Waals surface area (Å²) in [5, 5.41) is 0. The number of unbranched alkanes of at least 4 members (excludes halogenated alkanes) is 33. The van der Waals surface area contributed by atoms with Gasteiger partial charge in [-0.2, -0.15) is 0 Å². The molecular formula is C58H104O6. The highest BCUT2D eigenvalue weighted by atomic mass is 16.6. The average Bonchev–Trinajstić information content (AvgIpc) is 3.29. The SMILES string of the molecule is CC\C=C/C=C\C=C/CCCCCCCCCC(=O)OC(COC(=O)CCCCCCCCC/C=C\CCCCCC)COC(=O)CCCCCCCCCCCCCCCCCC. The summed E-state index contributed by atoms with van der Waals surface area (Å²) < 4.78 is 16.8. The van der Waals surface area contributed by atoms with Crippen LogP contribution in [0.2, 0.25) is 0 Å². The Morgan fingerprint density at radius 1 is 0.328 bits per heavy atom. The van der Waals surface area contributed by atoms with Gasteiger partial charge in [0.1, 0.15) is 13.2 Å². The minimum Gasteiger partial charge on any atom is -0.462 e. The summed E-state index contributed by atoms with van der Waals surface area (Å²) in [7, 11) is 0. The normalized spacial score (nSPS) is 12.4. The van der Waals surface area contributed by atoms with Crippen LogP contribution >= 0.6 is 0 Å². The minimum atomic E-state index is -0.778. The zero-order chi connectivity index (χ0) is 46.5. The van der Waals surface area contributed by atoms with Crippen molar-refractivity contribution in [2.45, 2.75) is 290 Å². The number of ether oxygens (including phenoxy) is 3. The molecule has 6 nitrogen and oxygen atoms in total. The van der Waals surface area contributed by atoms with E-state index in [-0.39, 0.29) is 31.1 Å². The Kier molecular flexibility index (Phi) is 50.8. The lowest BCUT2D eigenvalue weighted by Gasteiger charge is -2.18. The van der Waals surface area contributed by atoms with Gasteiger partial charge in [0.15, 0.2) is 6.10 Å². The molecule has 0 N–H and O–H groups in total. The van der Waals surface area contributed by atoms with E-state index in [0.717, 1.165) is 70.6 Å². The lowest BCUT2D eigenvalue weighted by atomic mass is 10.0. The highest BCUT2D eigenvalue weighted by Crippen LogP contribution is 2.16. The number of rotatable bonds is 50. The molecule has 0 aromatic heterocycles. The van der Waals surface area contributed by atoms with E-state index >= 15 is 0 Å². The number of esters is 3. The topological polar surface area (TPSA) is 78.9 Å². The Labute approximate surface area is 397 Å². The maximum absolute atomic E-state index is 12.8. The highest BCUT2D eigenvalue weighted by Gasteiger charge is 2.19. The van der Waals surface area contributed by atoms with Crippen LogP contribution in [-0.2, 0) is 28.6 Å². The molecule has 6 heteroatoms. The molecule has 0 aromatic carbocycles. The summed E-state index contributed by atoms with van der Waals surface area (Å²) in [4.78, 5) is 38.1. The van der Waals surface area contributed by atoms with Crippen molar-refractivity contribution in [2.75, 3.05) is 13.2 Å². The van der Waals surface area contributed by atoms with Crippen molar-refractivity contribution in [3.8, 4) is 0 Å². The maximum Gasteiger partial charge on any atom is 0.306 e. The van der Waals surface area contributed by atoms with Gasteiger partial charge in [-0.25, -0.2) is 0 Å². The van der Waals surface area contributed by atoms with Crippen LogP contribution < -0.4 is 0 Å². The first-order valence-corrected chi connectivity index (χ1v) is 27.7. The number of carbonyl (C=O) groups excluding carboxylic acids is 3. The quantitative estimate of drug-likeness (QED) is 0.0199. The third-order valence-corrected chi connectivity index (χ3v) is 12.1. The van der Waals surface area contributed by atoms with E-state index in [4.69, 9.17) is 14.2 Å². The Bertz CT molecular complexity index is 1120. The molecule has 0 saturated carbocycles. The molecule has 0 aliphatic heterocycles. The molecule has 1 atom stereocenters. The van der Waals surface area contributed by atoms with Gasteiger partial charge in [-0.15, -0.1) is 0 Å². The third-order valence-electron chi connectivity index (χ3n) is 12.1. The first-order chi connectivity index (χ1) is 31.5. The molecular weight excluding hydrogens is 793 g/mol.